The van der Waals surface area contributed by atoms with E-state index < -0.39 is 5.41 Å². The molecule has 7 aliphatic rings. The van der Waals surface area contributed by atoms with Crippen LogP contribution >= 0.6 is 0 Å². The van der Waals surface area contributed by atoms with Gasteiger partial charge in [-0.1, -0.05) is 194 Å². The second kappa shape index (κ2) is 15.6. The Balaban J connectivity index is 0.963. The van der Waals surface area contributed by atoms with Crippen LogP contribution in [0.25, 0.3) is 55.6 Å². The van der Waals surface area contributed by atoms with Crippen LogP contribution in [0, 0.1) is 23.7 Å². The van der Waals surface area contributed by atoms with E-state index in [1.54, 1.807) is 11.1 Å². The molecule has 10 aromatic carbocycles. The number of ether oxygens (including phenoxy) is 1. The maximum absolute atomic E-state index is 6.81. The number of hydrogen-bond acceptors (Lipinski definition) is 2. The lowest BCUT2D eigenvalue weighted by atomic mass is 9.43. The van der Waals surface area contributed by atoms with E-state index in [0.29, 0.717) is 11.8 Å². The van der Waals surface area contributed by atoms with Crippen molar-refractivity contribution < 1.29 is 4.74 Å². The van der Waals surface area contributed by atoms with E-state index in [1.165, 1.54) is 116 Å². The van der Waals surface area contributed by atoms with Crippen molar-refractivity contribution in [2.75, 3.05) is 4.90 Å². The molecule has 73 heavy (non-hydrogen) atoms. The number of fused-ring (bicyclic) bond motifs is 12. The van der Waals surface area contributed by atoms with E-state index in [4.69, 9.17) is 4.74 Å². The first kappa shape index (κ1) is 41.4. The van der Waals surface area contributed by atoms with E-state index in [0.717, 1.165) is 34.7 Å². The van der Waals surface area contributed by atoms with Gasteiger partial charge < -0.3 is 9.64 Å². The third-order valence-corrected chi connectivity index (χ3v) is 18.5. The van der Waals surface area contributed by atoms with Crippen molar-refractivity contribution >= 4 is 17.1 Å². The highest BCUT2D eigenvalue weighted by molar-refractivity contribution is 5.99. The monoisotopic (exact) mass is 935 g/mol. The summed E-state index contributed by atoms with van der Waals surface area (Å²) in [6.45, 7) is 0. The van der Waals surface area contributed by atoms with Crippen LogP contribution in [0.2, 0.25) is 0 Å². The van der Waals surface area contributed by atoms with Crippen LogP contribution < -0.4 is 9.64 Å². The first-order valence-corrected chi connectivity index (χ1v) is 26.7. The molecule has 2 nitrogen and oxygen atoms in total. The Morgan fingerprint density at radius 3 is 1.37 bits per heavy atom. The summed E-state index contributed by atoms with van der Waals surface area (Å²) < 4.78 is 6.81. The fraction of sp³-hybridized carbons (Fsp3) is 0.155. The summed E-state index contributed by atoms with van der Waals surface area (Å²) in [7, 11) is 0. The lowest BCUT2D eigenvalue weighted by molar-refractivity contribution is -0.0399. The zero-order valence-electron chi connectivity index (χ0n) is 40.7. The average molecular weight is 936 g/mol. The molecule has 2 spiro atoms. The molecule has 0 saturated heterocycles. The van der Waals surface area contributed by atoms with Crippen LogP contribution in [0.15, 0.2) is 237 Å². The Labute approximate surface area is 428 Å². The number of benzene rings is 10. The average Bonchev–Trinajstić information content (AvgIpc) is 3.90. The quantitative estimate of drug-likeness (QED) is 0.165. The second-order valence-corrected chi connectivity index (χ2v) is 21.9. The molecule has 1 heterocycles. The summed E-state index contributed by atoms with van der Waals surface area (Å²) in [4.78, 5) is 2.62. The van der Waals surface area contributed by atoms with Crippen molar-refractivity contribution in [3.63, 3.8) is 0 Å². The zero-order valence-corrected chi connectivity index (χ0v) is 40.7. The van der Waals surface area contributed by atoms with Crippen LogP contribution in [0.3, 0.4) is 0 Å². The second-order valence-electron chi connectivity index (χ2n) is 21.9. The van der Waals surface area contributed by atoms with Gasteiger partial charge in [0.2, 0.25) is 0 Å². The van der Waals surface area contributed by atoms with Crippen LogP contribution in [0.1, 0.15) is 65.5 Å². The highest BCUT2D eigenvalue weighted by Crippen LogP contribution is 2.70. The summed E-state index contributed by atoms with van der Waals surface area (Å²) in [5.41, 5.74) is 23.6. The SMILES string of the molecule is c1ccc(-c2ccccc2-c2ccccc2-c2ccccc2N(c2ccc3c(c2)C2(c4ccccc4Oc4ccccc42)c2ccccc2-3)c2ccc3c(c2)C2(c4ccccc4-3)C3CC4CC(C3)CC2C4)cc1. The van der Waals surface area contributed by atoms with Gasteiger partial charge in [-0.15, -0.1) is 0 Å². The van der Waals surface area contributed by atoms with Crippen molar-refractivity contribution in [2.45, 2.75) is 42.9 Å². The zero-order chi connectivity index (χ0) is 47.8. The molecule has 0 atom stereocenters. The lowest BCUT2D eigenvalue weighted by Gasteiger charge is -2.61. The van der Waals surface area contributed by atoms with Crippen LogP contribution in [-0.2, 0) is 10.8 Å². The van der Waals surface area contributed by atoms with Gasteiger partial charge in [-0.2, -0.15) is 0 Å². The predicted molar refractivity (Wildman–Crippen MR) is 298 cm³/mol. The minimum Gasteiger partial charge on any atom is -0.457 e. The molecular formula is C71H53NO. The van der Waals surface area contributed by atoms with Crippen LogP contribution in [-0.4, -0.2) is 0 Å². The summed E-state index contributed by atoms with van der Waals surface area (Å²) in [6.07, 6.45) is 6.82. The Morgan fingerprint density at radius 1 is 0.315 bits per heavy atom. The van der Waals surface area contributed by atoms with Crippen molar-refractivity contribution in [3.8, 4) is 67.1 Å². The smallest absolute Gasteiger partial charge is 0.132 e. The highest BCUT2D eigenvalue weighted by atomic mass is 16.5. The fourth-order valence-corrected chi connectivity index (χ4v) is 16.1. The van der Waals surface area contributed by atoms with Crippen molar-refractivity contribution in [2.24, 2.45) is 23.7 Å². The molecule has 0 aromatic heterocycles. The Bertz CT molecular complexity index is 3810. The molecule has 0 unspecified atom stereocenters. The standard InChI is InChI=1S/C71H53NO/c1-2-18-47(19-3-1)52-20-4-5-21-53(52)54-22-6-7-23-55(54)60-26-10-15-31-67(60)72(50-34-36-58-56-24-8-11-27-61(56)70(65(58)43-50)48-39-45-38-46(41-48)42-49(70)40-45)51-35-37-59-57-25-9-12-28-62(57)71(66(59)44-51)63-29-13-16-32-68(63)73-69-33-17-14-30-64(69)71/h1-37,43-46,48-49H,38-42H2. The van der Waals surface area contributed by atoms with E-state index in [9.17, 15) is 0 Å². The molecule has 17 rings (SSSR count). The largest absolute Gasteiger partial charge is 0.457 e. The van der Waals surface area contributed by atoms with Gasteiger partial charge >= 0.3 is 0 Å². The van der Waals surface area contributed by atoms with E-state index in [1.807, 2.05) is 0 Å². The van der Waals surface area contributed by atoms with Gasteiger partial charge in [0.15, 0.2) is 0 Å². The van der Waals surface area contributed by atoms with Gasteiger partial charge in [-0.25, -0.2) is 0 Å². The fourth-order valence-electron chi connectivity index (χ4n) is 16.1. The molecule has 0 N–H and O–H groups in total. The highest BCUT2D eigenvalue weighted by Gasteiger charge is 2.61. The molecule has 4 bridgehead atoms. The molecule has 0 radical (unpaired) electrons. The molecule has 4 fully saturated rings. The van der Waals surface area contributed by atoms with Gasteiger partial charge in [-0.3, -0.25) is 0 Å². The van der Waals surface area contributed by atoms with Crippen LogP contribution in [0.4, 0.5) is 17.1 Å². The van der Waals surface area contributed by atoms with Crippen molar-refractivity contribution in [3.05, 3.63) is 270 Å². The number of para-hydroxylation sites is 3. The molecule has 4 saturated carbocycles. The Kier molecular flexibility index (Phi) is 8.88. The van der Waals surface area contributed by atoms with E-state index >= 15 is 0 Å². The first-order valence-electron chi connectivity index (χ1n) is 26.7. The summed E-state index contributed by atoms with van der Waals surface area (Å²) in [5, 5.41) is 0. The summed E-state index contributed by atoms with van der Waals surface area (Å²) in [5.74, 6) is 4.86. The maximum atomic E-state index is 6.81. The number of rotatable bonds is 6. The number of hydrogen-bond donors (Lipinski definition) is 0. The molecule has 0 amide bonds. The van der Waals surface area contributed by atoms with Crippen molar-refractivity contribution in [1.29, 1.82) is 0 Å². The molecule has 348 valence electrons. The lowest BCUT2D eigenvalue weighted by Crippen LogP contribution is -2.55. The van der Waals surface area contributed by atoms with Crippen molar-refractivity contribution in [1.82, 2.24) is 0 Å². The van der Waals surface area contributed by atoms with Crippen LogP contribution in [0.5, 0.6) is 11.5 Å². The Hall–Kier alpha value is -8.20. The van der Waals surface area contributed by atoms with Gasteiger partial charge in [0.05, 0.1) is 11.1 Å². The van der Waals surface area contributed by atoms with Gasteiger partial charge in [-0.05, 0) is 171 Å². The van der Waals surface area contributed by atoms with Gasteiger partial charge in [0.1, 0.15) is 11.5 Å². The number of nitrogens with zero attached hydrogens (tertiary/aromatic N) is 1. The molecule has 1 aliphatic heterocycles. The molecule has 6 aliphatic carbocycles. The maximum Gasteiger partial charge on any atom is 0.132 e. The minimum atomic E-state index is -0.601. The third-order valence-electron chi connectivity index (χ3n) is 18.5. The Morgan fingerprint density at radius 2 is 0.740 bits per heavy atom. The van der Waals surface area contributed by atoms with Gasteiger partial charge in [0, 0.05) is 33.5 Å². The molecule has 2 heteroatoms. The van der Waals surface area contributed by atoms with E-state index in [2.05, 4.69) is 241 Å². The predicted octanol–water partition coefficient (Wildman–Crippen LogP) is 18.3. The normalized spacial score (nSPS) is 21.4. The first-order chi connectivity index (χ1) is 36.2. The molecular weight excluding hydrogens is 883 g/mol. The minimum absolute atomic E-state index is 0.0213. The van der Waals surface area contributed by atoms with Gasteiger partial charge in [0.25, 0.3) is 0 Å². The summed E-state index contributed by atoms with van der Waals surface area (Å²) >= 11 is 0. The van der Waals surface area contributed by atoms with E-state index in [-0.39, 0.29) is 5.41 Å². The third kappa shape index (κ3) is 5.70. The molecule has 10 aromatic rings. The summed E-state index contributed by atoms with van der Waals surface area (Å²) in [6, 6.07) is 89.1. The number of anilines is 3. The topological polar surface area (TPSA) is 12.5 Å².